The Morgan fingerprint density at radius 1 is 1.46 bits per heavy atom. The number of methoxy groups -OCH3 is 1. The van der Waals surface area contributed by atoms with E-state index in [0.717, 1.165) is 0 Å². The quantitative estimate of drug-likeness (QED) is 0.804. The molecule has 1 atom stereocenters. The zero-order chi connectivity index (χ0) is 9.14. The van der Waals surface area contributed by atoms with Crippen molar-refractivity contribution >= 4 is 12.4 Å². The summed E-state index contributed by atoms with van der Waals surface area (Å²) < 4.78 is 18.1. The number of rotatable bonds is 2. The molecule has 0 amide bonds. The van der Waals surface area contributed by atoms with Crippen LogP contribution in [-0.4, -0.2) is 7.11 Å². The molecule has 1 rings (SSSR count). The van der Waals surface area contributed by atoms with E-state index in [-0.39, 0.29) is 30.0 Å². The second-order valence-electron chi connectivity index (χ2n) is 2.65. The summed E-state index contributed by atoms with van der Waals surface area (Å²) in [5, 5.41) is 0. The molecule has 0 radical (unpaired) electrons. The molecule has 0 spiro atoms. The minimum Gasteiger partial charge on any atom is -0.494 e. The first kappa shape index (κ1) is 12.2. The van der Waals surface area contributed by atoms with E-state index < -0.39 is 0 Å². The van der Waals surface area contributed by atoms with Crippen molar-refractivity contribution in [3.63, 3.8) is 0 Å². The Labute approximate surface area is 83.3 Å². The summed E-state index contributed by atoms with van der Waals surface area (Å²) >= 11 is 0. The van der Waals surface area contributed by atoms with Crippen molar-refractivity contribution in [2.45, 2.75) is 13.0 Å². The smallest absolute Gasteiger partial charge is 0.169 e. The van der Waals surface area contributed by atoms with E-state index >= 15 is 0 Å². The van der Waals surface area contributed by atoms with Crippen LogP contribution in [0.4, 0.5) is 4.39 Å². The first-order valence-electron chi connectivity index (χ1n) is 3.74. The maximum atomic E-state index is 13.3. The fraction of sp³-hybridized carbons (Fsp3) is 0.333. The molecule has 4 heteroatoms. The highest BCUT2D eigenvalue weighted by Crippen LogP contribution is 2.23. The Bertz CT molecular complexity index is 278. The van der Waals surface area contributed by atoms with E-state index in [1.807, 2.05) is 0 Å². The Morgan fingerprint density at radius 2 is 2.08 bits per heavy atom. The van der Waals surface area contributed by atoms with E-state index in [1.54, 1.807) is 25.1 Å². The second kappa shape index (κ2) is 5.04. The topological polar surface area (TPSA) is 35.2 Å². The summed E-state index contributed by atoms with van der Waals surface area (Å²) in [4.78, 5) is 0. The minimum absolute atomic E-state index is 0. The fourth-order valence-corrected chi connectivity index (χ4v) is 1.04. The van der Waals surface area contributed by atoms with Gasteiger partial charge in [0.25, 0.3) is 0 Å². The Balaban J connectivity index is 0.00000144. The highest BCUT2D eigenvalue weighted by molar-refractivity contribution is 5.85. The van der Waals surface area contributed by atoms with Gasteiger partial charge < -0.3 is 10.5 Å². The van der Waals surface area contributed by atoms with Gasteiger partial charge in [0.15, 0.2) is 11.6 Å². The normalized spacial score (nSPS) is 11.7. The summed E-state index contributed by atoms with van der Waals surface area (Å²) in [6.45, 7) is 1.73. The van der Waals surface area contributed by atoms with Gasteiger partial charge in [0, 0.05) is 11.6 Å². The van der Waals surface area contributed by atoms with Crippen molar-refractivity contribution in [3.05, 3.63) is 29.6 Å². The van der Waals surface area contributed by atoms with Crippen LogP contribution in [0, 0.1) is 5.82 Å². The van der Waals surface area contributed by atoms with Crippen molar-refractivity contribution in [2.75, 3.05) is 7.11 Å². The molecule has 0 heterocycles. The zero-order valence-corrected chi connectivity index (χ0v) is 8.40. The summed E-state index contributed by atoms with van der Waals surface area (Å²) in [7, 11) is 1.43. The first-order valence-corrected chi connectivity index (χ1v) is 3.74. The van der Waals surface area contributed by atoms with Gasteiger partial charge in [-0.05, 0) is 13.0 Å². The van der Waals surface area contributed by atoms with Crippen LogP contribution in [0.3, 0.4) is 0 Å². The van der Waals surface area contributed by atoms with Crippen LogP contribution < -0.4 is 10.5 Å². The van der Waals surface area contributed by atoms with E-state index in [0.29, 0.717) is 5.56 Å². The van der Waals surface area contributed by atoms with Gasteiger partial charge in [0.1, 0.15) is 0 Å². The fourth-order valence-electron chi connectivity index (χ4n) is 1.04. The molecule has 13 heavy (non-hydrogen) atoms. The summed E-state index contributed by atoms with van der Waals surface area (Å²) in [6.07, 6.45) is 0. The molecule has 1 aromatic rings. The lowest BCUT2D eigenvalue weighted by Gasteiger charge is -2.09. The highest BCUT2D eigenvalue weighted by Gasteiger charge is 2.10. The van der Waals surface area contributed by atoms with Gasteiger partial charge in [0.2, 0.25) is 0 Å². The largest absolute Gasteiger partial charge is 0.494 e. The average Bonchev–Trinajstić information content (AvgIpc) is 2.04. The minimum atomic E-state index is -0.366. The van der Waals surface area contributed by atoms with Crippen LogP contribution >= 0.6 is 12.4 Å². The molecule has 0 aromatic heterocycles. The lowest BCUT2D eigenvalue weighted by molar-refractivity contribution is 0.383. The zero-order valence-electron chi connectivity index (χ0n) is 7.58. The molecule has 0 aliphatic rings. The summed E-state index contributed by atoms with van der Waals surface area (Å²) in [6, 6.07) is 4.64. The van der Waals surface area contributed by atoms with Crippen LogP contribution in [0.1, 0.15) is 18.5 Å². The molecule has 0 aliphatic carbocycles. The number of nitrogens with two attached hydrogens (primary N) is 1. The average molecular weight is 206 g/mol. The van der Waals surface area contributed by atoms with E-state index in [1.165, 1.54) is 7.11 Å². The van der Waals surface area contributed by atoms with Crippen molar-refractivity contribution in [3.8, 4) is 5.75 Å². The van der Waals surface area contributed by atoms with Gasteiger partial charge in [-0.25, -0.2) is 4.39 Å². The predicted octanol–water partition coefficient (Wildman–Crippen LogP) is 2.28. The van der Waals surface area contributed by atoms with Crippen LogP contribution in [0.25, 0.3) is 0 Å². The van der Waals surface area contributed by atoms with Crippen LogP contribution in [0.15, 0.2) is 18.2 Å². The molecular formula is C9H13ClFNO. The highest BCUT2D eigenvalue weighted by atomic mass is 35.5. The maximum Gasteiger partial charge on any atom is 0.169 e. The van der Waals surface area contributed by atoms with Crippen LogP contribution in [-0.2, 0) is 0 Å². The molecule has 1 aromatic carbocycles. The summed E-state index contributed by atoms with van der Waals surface area (Å²) in [5.41, 5.74) is 6.02. The molecule has 2 N–H and O–H groups in total. The number of hydrogen-bond acceptors (Lipinski definition) is 2. The van der Waals surface area contributed by atoms with Crippen molar-refractivity contribution in [2.24, 2.45) is 5.73 Å². The molecule has 74 valence electrons. The SMILES string of the molecule is COc1cccc([C@@H](C)N)c1F.Cl. The lowest BCUT2D eigenvalue weighted by Crippen LogP contribution is -2.07. The first-order chi connectivity index (χ1) is 5.66. The van der Waals surface area contributed by atoms with Gasteiger partial charge in [-0.1, -0.05) is 12.1 Å². The number of ether oxygens (including phenoxy) is 1. The van der Waals surface area contributed by atoms with Crippen molar-refractivity contribution in [1.29, 1.82) is 0 Å². The third-order valence-corrected chi connectivity index (χ3v) is 1.70. The van der Waals surface area contributed by atoms with Crippen LogP contribution in [0.5, 0.6) is 5.75 Å². The van der Waals surface area contributed by atoms with Gasteiger partial charge in [-0.2, -0.15) is 0 Å². The predicted molar refractivity (Wildman–Crippen MR) is 52.8 cm³/mol. The number of hydrogen-bond donors (Lipinski definition) is 1. The maximum absolute atomic E-state index is 13.3. The van der Waals surface area contributed by atoms with Crippen molar-refractivity contribution in [1.82, 2.24) is 0 Å². The van der Waals surface area contributed by atoms with Crippen molar-refractivity contribution < 1.29 is 9.13 Å². The molecule has 0 saturated heterocycles. The standard InChI is InChI=1S/C9H12FNO.ClH/c1-6(11)7-4-3-5-8(12-2)9(7)10;/h3-6H,11H2,1-2H3;1H/t6-;/m1./s1. The monoisotopic (exact) mass is 205 g/mol. The molecule has 0 saturated carbocycles. The summed E-state index contributed by atoms with van der Waals surface area (Å²) in [5.74, 6) is -0.125. The Kier molecular flexibility index (Phi) is 4.73. The van der Waals surface area contributed by atoms with Gasteiger partial charge in [-0.3, -0.25) is 0 Å². The lowest BCUT2D eigenvalue weighted by atomic mass is 10.1. The third kappa shape index (κ3) is 2.57. The third-order valence-electron chi connectivity index (χ3n) is 1.70. The van der Waals surface area contributed by atoms with E-state index in [9.17, 15) is 4.39 Å². The van der Waals surface area contributed by atoms with Gasteiger partial charge >= 0.3 is 0 Å². The van der Waals surface area contributed by atoms with Crippen LogP contribution in [0.2, 0.25) is 0 Å². The molecule has 0 fully saturated rings. The molecule has 0 unspecified atom stereocenters. The van der Waals surface area contributed by atoms with E-state index in [4.69, 9.17) is 10.5 Å². The number of halogens is 2. The Morgan fingerprint density at radius 3 is 2.54 bits per heavy atom. The van der Waals surface area contributed by atoms with Gasteiger partial charge in [0.05, 0.1) is 7.11 Å². The second-order valence-corrected chi connectivity index (χ2v) is 2.65. The van der Waals surface area contributed by atoms with E-state index in [2.05, 4.69) is 0 Å². The van der Waals surface area contributed by atoms with Gasteiger partial charge in [-0.15, -0.1) is 12.4 Å². The molecule has 0 aliphatic heterocycles. The molecular weight excluding hydrogens is 193 g/mol. The molecule has 0 bridgehead atoms. The molecule has 2 nitrogen and oxygen atoms in total. The number of benzene rings is 1. The Hall–Kier alpha value is -0.800.